The zero-order valence-corrected chi connectivity index (χ0v) is 17.2. The third-order valence-electron chi connectivity index (χ3n) is 6.37. The maximum Gasteiger partial charge on any atom is 0.216 e. The Labute approximate surface area is 164 Å². The summed E-state index contributed by atoms with van der Waals surface area (Å²) < 4.78 is 26.6. The van der Waals surface area contributed by atoms with Gasteiger partial charge in [-0.3, -0.25) is 5.10 Å². The number of halogens is 1. The van der Waals surface area contributed by atoms with Crippen molar-refractivity contribution >= 4 is 32.5 Å². The average molecular weight is 412 g/mol. The van der Waals surface area contributed by atoms with E-state index in [1.807, 2.05) is 0 Å². The van der Waals surface area contributed by atoms with Crippen LogP contribution in [0.1, 0.15) is 51.2 Å². The van der Waals surface area contributed by atoms with E-state index >= 15 is 0 Å². The normalized spacial score (nSPS) is 21.6. The molecule has 1 aliphatic heterocycles. The Kier molecular flexibility index (Phi) is 4.78. The number of fused-ring (bicyclic) bond motifs is 1. The van der Waals surface area contributed by atoms with E-state index in [-0.39, 0.29) is 11.2 Å². The Balaban J connectivity index is 1.53. The van der Waals surface area contributed by atoms with E-state index in [4.69, 9.17) is 11.6 Å². The van der Waals surface area contributed by atoms with Crippen LogP contribution in [-0.2, 0) is 10.0 Å². The minimum Gasteiger partial charge on any atom is -0.388 e. The van der Waals surface area contributed by atoms with Gasteiger partial charge in [0, 0.05) is 23.5 Å². The van der Waals surface area contributed by atoms with Crippen LogP contribution < -0.4 is 0 Å². The van der Waals surface area contributed by atoms with Crippen molar-refractivity contribution in [2.45, 2.75) is 50.9 Å². The molecular weight excluding hydrogens is 386 g/mol. The molecular formula is C19H26ClN3O3S. The Morgan fingerprint density at radius 3 is 2.56 bits per heavy atom. The van der Waals surface area contributed by atoms with Gasteiger partial charge >= 0.3 is 0 Å². The first kappa shape index (κ1) is 19.2. The number of aliphatic hydroxyl groups excluding tert-OH is 1. The number of aliphatic hydroxyl groups is 1. The number of nitrogens with one attached hydrogen (secondary N) is 1. The predicted molar refractivity (Wildman–Crippen MR) is 106 cm³/mol. The fourth-order valence-corrected chi connectivity index (χ4v) is 6.42. The topological polar surface area (TPSA) is 86.3 Å². The lowest BCUT2D eigenvalue weighted by Crippen LogP contribution is -2.44. The number of aromatic nitrogens is 2. The highest BCUT2D eigenvalue weighted by atomic mass is 35.5. The molecule has 1 unspecified atom stereocenters. The van der Waals surface area contributed by atoms with Crippen LogP contribution in [0.15, 0.2) is 18.3 Å². The molecule has 4 rings (SSSR count). The van der Waals surface area contributed by atoms with Crippen molar-refractivity contribution in [3.8, 4) is 0 Å². The molecule has 8 heteroatoms. The average Bonchev–Trinajstić information content (AvgIpc) is 3.40. The molecule has 0 radical (unpaired) electrons. The standard InChI is InChI=1S/C19H26ClN3O3S/c1-19(2,12-5-7-23(8-6-12)27(25,26)14-3-4-14)18(24)15-9-13(20)10-17-16(15)11-21-22-17/h9-12,14,18,24H,3-8H2,1-2H3,(H,21,22). The molecule has 0 spiro atoms. The quantitative estimate of drug-likeness (QED) is 0.788. The molecule has 1 aromatic carbocycles. The molecule has 2 N–H and O–H groups in total. The zero-order chi connectivity index (χ0) is 19.4. The predicted octanol–water partition coefficient (Wildman–Crippen LogP) is 3.48. The smallest absolute Gasteiger partial charge is 0.216 e. The van der Waals surface area contributed by atoms with Gasteiger partial charge in [0.05, 0.1) is 23.1 Å². The van der Waals surface area contributed by atoms with Gasteiger partial charge in [0.25, 0.3) is 0 Å². The maximum atomic E-state index is 12.5. The summed E-state index contributed by atoms with van der Waals surface area (Å²) in [4.78, 5) is 0. The van der Waals surface area contributed by atoms with Gasteiger partial charge in [-0.05, 0) is 54.7 Å². The van der Waals surface area contributed by atoms with Gasteiger partial charge < -0.3 is 5.11 Å². The number of aromatic amines is 1. The van der Waals surface area contributed by atoms with E-state index in [0.29, 0.717) is 18.1 Å². The highest BCUT2D eigenvalue weighted by Gasteiger charge is 2.44. The summed E-state index contributed by atoms with van der Waals surface area (Å²) >= 11 is 6.23. The summed E-state index contributed by atoms with van der Waals surface area (Å²) in [5.41, 5.74) is 1.16. The minimum atomic E-state index is -3.12. The van der Waals surface area contributed by atoms with Crippen LogP contribution in [0.3, 0.4) is 0 Å². The largest absolute Gasteiger partial charge is 0.388 e. The molecule has 2 aliphatic rings. The highest BCUT2D eigenvalue weighted by Crippen LogP contribution is 2.47. The number of rotatable bonds is 5. The van der Waals surface area contributed by atoms with Gasteiger partial charge in [-0.25, -0.2) is 12.7 Å². The molecule has 148 valence electrons. The van der Waals surface area contributed by atoms with E-state index in [1.165, 1.54) is 0 Å². The van der Waals surface area contributed by atoms with Crippen molar-refractivity contribution in [2.24, 2.45) is 11.3 Å². The van der Waals surface area contributed by atoms with E-state index in [0.717, 1.165) is 42.1 Å². The van der Waals surface area contributed by atoms with Crippen LogP contribution in [0.25, 0.3) is 10.9 Å². The SMILES string of the molecule is CC(C)(C1CCN(S(=O)(=O)C2CC2)CC1)C(O)c1cc(Cl)cc2[nH]ncc12. The summed E-state index contributed by atoms with van der Waals surface area (Å²) in [5.74, 6) is 0.221. The molecule has 1 saturated carbocycles. The number of benzene rings is 1. The van der Waals surface area contributed by atoms with E-state index in [1.54, 1.807) is 22.6 Å². The summed E-state index contributed by atoms with van der Waals surface area (Å²) in [6.07, 6.45) is 4.10. The van der Waals surface area contributed by atoms with Crippen LogP contribution >= 0.6 is 11.6 Å². The summed E-state index contributed by atoms with van der Waals surface area (Å²) in [5, 5.41) is 19.5. The van der Waals surface area contributed by atoms with Gasteiger partial charge in [-0.2, -0.15) is 5.10 Å². The van der Waals surface area contributed by atoms with E-state index in [9.17, 15) is 13.5 Å². The van der Waals surface area contributed by atoms with Crippen molar-refractivity contribution in [3.63, 3.8) is 0 Å². The first-order valence-corrected chi connectivity index (χ1v) is 11.4. The van der Waals surface area contributed by atoms with Crippen molar-refractivity contribution in [3.05, 3.63) is 28.9 Å². The molecule has 27 heavy (non-hydrogen) atoms. The van der Waals surface area contributed by atoms with Crippen LogP contribution in [-0.4, -0.2) is 46.4 Å². The Hall–Kier alpha value is -1.15. The molecule has 2 heterocycles. The number of hydrogen-bond donors (Lipinski definition) is 2. The van der Waals surface area contributed by atoms with Crippen molar-refractivity contribution in [2.75, 3.05) is 13.1 Å². The van der Waals surface area contributed by atoms with Crippen molar-refractivity contribution in [1.82, 2.24) is 14.5 Å². The Morgan fingerprint density at radius 2 is 1.93 bits per heavy atom. The number of sulfonamides is 1. The maximum absolute atomic E-state index is 12.5. The molecule has 1 saturated heterocycles. The number of nitrogens with zero attached hydrogens (tertiary/aromatic N) is 2. The third kappa shape index (κ3) is 3.39. The number of hydrogen-bond acceptors (Lipinski definition) is 4. The van der Waals surface area contributed by atoms with Gasteiger partial charge in [0.15, 0.2) is 0 Å². The summed E-state index contributed by atoms with van der Waals surface area (Å²) in [6.45, 7) is 5.19. The zero-order valence-electron chi connectivity index (χ0n) is 15.7. The fraction of sp³-hybridized carbons (Fsp3) is 0.632. The monoisotopic (exact) mass is 411 g/mol. The van der Waals surface area contributed by atoms with E-state index < -0.39 is 21.5 Å². The second-order valence-electron chi connectivity index (χ2n) is 8.47. The van der Waals surface area contributed by atoms with Crippen LogP contribution in [0.2, 0.25) is 5.02 Å². The Bertz CT molecular complexity index is 944. The summed E-state index contributed by atoms with van der Waals surface area (Å²) in [7, 11) is -3.12. The molecule has 1 aromatic heterocycles. The fourth-order valence-electron chi connectivity index (χ4n) is 4.32. The van der Waals surface area contributed by atoms with Crippen molar-refractivity contribution < 1.29 is 13.5 Å². The number of H-pyrrole nitrogens is 1. The van der Waals surface area contributed by atoms with Gasteiger partial charge in [0.2, 0.25) is 10.0 Å². The molecule has 2 fully saturated rings. The van der Waals surface area contributed by atoms with Crippen LogP contribution in [0.5, 0.6) is 0 Å². The second kappa shape index (κ2) is 6.72. The van der Waals surface area contributed by atoms with Gasteiger partial charge in [-0.1, -0.05) is 25.4 Å². The highest BCUT2D eigenvalue weighted by molar-refractivity contribution is 7.90. The Morgan fingerprint density at radius 1 is 1.26 bits per heavy atom. The lowest BCUT2D eigenvalue weighted by Gasteiger charge is -2.43. The summed E-state index contributed by atoms with van der Waals surface area (Å²) in [6, 6.07) is 3.60. The molecule has 1 aliphatic carbocycles. The second-order valence-corrected chi connectivity index (χ2v) is 11.1. The van der Waals surface area contributed by atoms with E-state index in [2.05, 4.69) is 24.0 Å². The molecule has 2 aromatic rings. The lowest BCUT2D eigenvalue weighted by molar-refractivity contribution is -0.0112. The van der Waals surface area contributed by atoms with Gasteiger partial charge in [0.1, 0.15) is 0 Å². The first-order valence-electron chi connectivity index (χ1n) is 9.51. The molecule has 6 nitrogen and oxygen atoms in total. The molecule has 0 amide bonds. The van der Waals surface area contributed by atoms with Gasteiger partial charge in [-0.15, -0.1) is 0 Å². The minimum absolute atomic E-state index is 0.159. The van der Waals surface area contributed by atoms with Crippen LogP contribution in [0.4, 0.5) is 0 Å². The van der Waals surface area contributed by atoms with Crippen LogP contribution in [0, 0.1) is 11.3 Å². The first-order chi connectivity index (χ1) is 12.7. The van der Waals surface area contributed by atoms with Crippen molar-refractivity contribution in [1.29, 1.82) is 0 Å². The third-order valence-corrected chi connectivity index (χ3v) is 8.98. The lowest BCUT2D eigenvalue weighted by atomic mass is 9.68. The molecule has 1 atom stereocenters. The molecule has 0 bridgehead atoms. The number of piperidine rings is 1.